The second kappa shape index (κ2) is 7.42. The monoisotopic (exact) mass is 369 g/mol. The largest absolute Gasteiger partial charge is 0.383 e. The van der Waals surface area contributed by atoms with E-state index >= 15 is 0 Å². The molecule has 2 fully saturated rings. The van der Waals surface area contributed by atoms with E-state index in [1.807, 2.05) is 23.1 Å². The predicted molar refractivity (Wildman–Crippen MR) is 98.4 cm³/mol. The summed E-state index contributed by atoms with van der Waals surface area (Å²) in [6, 6.07) is 10.2. The first-order valence-electron chi connectivity index (χ1n) is 9.46. The van der Waals surface area contributed by atoms with Gasteiger partial charge in [-0.05, 0) is 37.8 Å². The number of carbonyl (C=O) groups is 2. The van der Waals surface area contributed by atoms with Crippen molar-refractivity contribution in [3.8, 4) is 0 Å². The van der Waals surface area contributed by atoms with Crippen molar-refractivity contribution in [1.29, 1.82) is 0 Å². The number of benzene rings is 1. The summed E-state index contributed by atoms with van der Waals surface area (Å²) in [5.74, 6) is 0.772. The Balaban J connectivity index is 1.40. The summed E-state index contributed by atoms with van der Waals surface area (Å²) in [4.78, 5) is 40.7. The van der Waals surface area contributed by atoms with Gasteiger partial charge in [-0.3, -0.25) is 14.4 Å². The topological polar surface area (TPSA) is 86.6 Å². The van der Waals surface area contributed by atoms with Crippen LogP contribution < -0.4 is 5.56 Å². The molecule has 3 heterocycles. The fourth-order valence-electron chi connectivity index (χ4n) is 4.11. The Kier molecular flexibility index (Phi) is 4.83. The van der Waals surface area contributed by atoms with Crippen LogP contribution in [-0.2, 0) is 4.79 Å². The van der Waals surface area contributed by atoms with Crippen LogP contribution in [-0.4, -0.2) is 52.4 Å². The number of nitrogens with one attached hydrogen (secondary N) is 1. The molecule has 27 heavy (non-hydrogen) atoms. The Labute approximate surface area is 156 Å². The van der Waals surface area contributed by atoms with Gasteiger partial charge in [0.1, 0.15) is 11.8 Å². The zero-order valence-electron chi connectivity index (χ0n) is 15.1. The molecule has 0 radical (unpaired) electrons. The molecule has 0 bridgehead atoms. The Morgan fingerprint density at radius 3 is 2.44 bits per heavy atom. The number of piperidine rings is 1. The summed E-state index contributed by atoms with van der Waals surface area (Å²) in [5.41, 5.74) is 0.392. The van der Waals surface area contributed by atoms with Crippen LogP contribution in [0.2, 0.25) is 0 Å². The smallest absolute Gasteiger partial charge is 0.280 e. The van der Waals surface area contributed by atoms with E-state index in [2.05, 4.69) is 5.16 Å². The lowest BCUT2D eigenvalue weighted by Gasteiger charge is -2.34. The molecule has 1 atom stereocenters. The number of amides is 2. The Bertz CT molecular complexity index is 865. The molecule has 2 amide bonds. The van der Waals surface area contributed by atoms with E-state index in [0.29, 0.717) is 37.4 Å². The number of likely N-dealkylation sites (tertiary alicyclic amines) is 2. The third-order valence-corrected chi connectivity index (χ3v) is 5.57. The van der Waals surface area contributed by atoms with Gasteiger partial charge in [-0.15, -0.1) is 0 Å². The normalized spacial score (nSPS) is 20.8. The van der Waals surface area contributed by atoms with Gasteiger partial charge in [0.25, 0.3) is 11.5 Å². The molecule has 2 aliphatic heterocycles. The molecule has 7 nitrogen and oxygen atoms in total. The van der Waals surface area contributed by atoms with Crippen LogP contribution in [0.1, 0.15) is 47.7 Å². The molecule has 0 aliphatic carbocycles. The van der Waals surface area contributed by atoms with E-state index in [9.17, 15) is 14.4 Å². The number of aromatic nitrogens is 1. The second-order valence-electron chi connectivity index (χ2n) is 7.24. The minimum atomic E-state index is -0.376. The van der Waals surface area contributed by atoms with E-state index in [1.54, 1.807) is 17.0 Å². The number of aromatic amines is 1. The summed E-state index contributed by atoms with van der Waals surface area (Å²) < 4.78 is 5.20. The maximum atomic E-state index is 13.0. The zero-order chi connectivity index (χ0) is 18.8. The van der Waals surface area contributed by atoms with Crippen molar-refractivity contribution in [3.63, 3.8) is 0 Å². The lowest BCUT2D eigenvalue weighted by atomic mass is 9.94. The van der Waals surface area contributed by atoms with Crippen molar-refractivity contribution < 1.29 is 14.1 Å². The predicted octanol–water partition coefficient (Wildman–Crippen LogP) is 1.98. The van der Waals surface area contributed by atoms with Crippen LogP contribution in [0.4, 0.5) is 0 Å². The van der Waals surface area contributed by atoms with Crippen LogP contribution in [0, 0.1) is 0 Å². The maximum absolute atomic E-state index is 13.0. The molecule has 0 saturated carbocycles. The van der Waals surface area contributed by atoms with Gasteiger partial charge in [-0.1, -0.05) is 18.2 Å². The summed E-state index contributed by atoms with van der Waals surface area (Å²) in [6.45, 7) is 1.85. The lowest BCUT2D eigenvalue weighted by Crippen LogP contribution is -2.49. The van der Waals surface area contributed by atoms with Crippen LogP contribution in [0.25, 0.3) is 0 Å². The number of nitrogens with zero attached hydrogens (tertiary/aromatic N) is 2. The highest BCUT2D eigenvalue weighted by Gasteiger charge is 2.38. The zero-order valence-corrected chi connectivity index (χ0v) is 15.1. The van der Waals surface area contributed by atoms with Crippen molar-refractivity contribution in [2.45, 2.75) is 37.6 Å². The fourth-order valence-corrected chi connectivity index (χ4v) is 4.11. The molecule has 2 saturated heterocycles. The second-order valence-corrected chi connectivity index (χ2v) is 7.24. The van der Waals surface area contributed by atoms with Gasteiger partial charge in [-0.2, -0.15) is 5.16 Å². The van der Waals surface area contributed by atoms with E-state index in [-0.39, 0.29) is 29.3 Å². The fraction of sp³-hybridized carbons (Fsp3) is 0.450. The first-order valence-corrected chi connectivity index (χ1v) is 9.46. The van der Waals surface area contributed by atoms with Crippen molar-refractivity contribution in [2.75, 3.05) is 19.6 Å². The molecule has 1 aromatic heterocycles. The highest BCUT2D eigenvalue weighted by atomic mass is 16.5. The summed E-state index contributed by atoms with van der Waals surface area (Å²) in [6.07, 6.45) is 3.07. The third-order valence-electron chi connectivity index (χ3n) is 5.57. The molecule has 7 heteroatoms. The Hall–Kier alpha value is -2.83. The standard InChI is InChI=1S/C20H23N3O4/c24-18-13-17(27-21-18)14-8-11-22(12-9-14)20(26)16-7-4-10-23(16)19(25)15-5-2-1-3-6-15/h1-3,5-6,13-14,16H,4,7-12H2,(H,21,24)/t16-/m1/s1. The minimum absolute atomic E-state index is 0.0331. The number of carbonyl (C=O) groups excluding carboxylic acids is 2. The van der Waals surface area contributed by atoms with E-state index in [1.165, 1.54) is 6.07 Å². The quantitative estimate of drug-likeness (QED) is 0.896. The van der Waals surface area contributed by atoms with Gasteiger partial charge >= 0.3 is 0 Å². The van der Waals surface area contributed by atoms with Crippen molar-refractivity contribution in [1.82, 2.24) is 15.0 Å². The number of hydrogen-bond donors (Lipinski definition) is 1. The van der Waals surface area contributed by atoms with Gasteiger partial charge in [0.15, 0.2) is 0 Å². The number of H-pyrrole nitrogens is 1. The van der Waals surface area contributed by atoms with Crippen molar-refractivity contribution in [3.05, 3.63) is 58.1 Å². The molecular formula is C20H23N3O4. The highest BCUT2D eigenvalue weighted by molar-refractivity contribution is 5.97. The molecule has 142 valence electrons. The summed E-state index contributed by atoms with van der Waals surface area (Å²) in [5, 5.41) is 2.32. The third kappa shape index (κ3) is 3.54. The van der Waals surface area contributed by atoms with Crippen LogP contribution in [0.5, 0.6) is 0 Å². The van der Waals surface area contributed by atoms with E-state index in [4.69, 9.17) is 4.52 Å². The summed E-state index contributed by atoms with van der Waals surface area (Å²) in [7, 11) is 0. The average molecular weight is 369 g/mol. The summed E-state index contributed by atoms with van der Waals surface area (Å²) >= 11 is 0. The molecule has 1 N–H and O–H groups in total. The van der Waals surface area contributed by atoms with E-state index in [0.717, 1.165) is 19.3 Å². The maximum Gasteiger partial charge on any atom is 0.280 e. The van der Waals surface area contributed by atoms with Crippen LogP contribution in [0.15, 0.2) is 45.7 Å². The average Bonchev–Trinajstić information content (AvgIpc) is 3.37. The molecular weight excluding hydrogens is 346 g/mol. The molecule has 0 spiro atoms. The molecule has 1 aromatic carbocycles. The molecule has 4 rings (SSSR count). The Morgan fingerprint density at radius 2 is 1.78 bits per heavy atom. The number of rotatable bonds is 3. The molecule has 0 unspecified atom stereocenters. The molecule has 2 aliphatic rings. The van der Waals surface area contributed by atoms with Gasteiger partial charge in [0.2, 0.25) is 5.91 Å². The van der Waals surface area contributed by atoms with Gasteiger partial charge in [-0.25, -0.2) is 0 Å². The SMILES string of the molecule is O=C([C@H]1CCCN1C(=O)c1ccccc1)N1CCC(c2cc(=O)[nH]o2)CC1. The van der Waals surface area contributed by atoms with Gasteiger partial charge in [0, 0.05) is 37.2 Å². The van der Waals surface area contributed by atoms with Crippen molar-refractivity contribution >= 4 is 11.8 Å². The first-order chi connectivity index (χ1) is 13.1. The van der Waals surface area contributed by atoms with Crippen LogP contribution in [0.3, 0.4) is 0 Å². The van der Waals surface area contributed by atoms with Gasteiger partial charge in [0.05, 0.1) is 0 Å². The number of hydrogen-bond acceptors (Lipinski definition) is 4. The van der Waals surface area contributed by atoms with E-state index < -0.39 is 0 Å². The highest BCUT2D eigenvalue weighted by Crippen LogP contribution is 2.29. The van der Waals surface area contributed by atoms with Crippen molar-refractivity contribution in [2.24, 2.45) is 0 Å². The van der Waals surface area contributed by atoms with Gasteiger partial charge < -0.3 is 14.3 Å². The molecule has 2 aromatic rings. The lowest BCUT2D eigenvalue weighted by molar-refractivity contribution is -0.136. The first kappa shape index (κ1) is 17.6. The van der Waals surface area contributed by atoms with Crippen LogP contribution >= 0.6 is 0 Å². The Morgan fingerprint density at radius 1 is 1.04 bits per heavy atom. The minimum Gasteiger partial charge on any atom is -0.383 e.